The first-order chi connectivity index (χ1) is 7.69. The van der Waals surface area contributed by atoms with Crippen LogP contribution in [0, 0.1) is 30.6 Å². The molecule has 1 rings (SSSR count). The van der Waals surface area contributed by atoms with Gasteiger partial charge in [0.25, 0.3) is 0 Å². The largest absolute Gasteiger partial charge is 0.355 e. The maximum absolute atomic E-state index is 8.84. The van der Waals surface area contributed by atoms with Crippen LogP contribution in [0.25, 0.3) is 0 Å². The monoisotopic (exact) mass is 211 g/mol. The summed E-state index contributed by atoms with van der Waals surface area (Å²) in [5, 5.41) is 8.84. The Balaban J connectivity index is 2.93. The summed E-state index contributed by atoms with van der Waals surface area (Å²) in [5.74, 6) is 2.39. The van der Waals surface area contributed by atoms with Gasteiger partial charge in [-0.2, -0.15) is 5.26 Å². The average Bonchev–Trinajstić information content (AvgIpc) is 2.31. The van der Waals surface area contributed by atoms with Crippen LogP contribution < -0.4 is 0 Å². The maximum atomic E-state index is 8.84. The summed E-state index contributed by atoms with van der Waals surface area (Å²) in [4.78, 5) is 0. The number of hydrogen-bond acceptors (Lipinski definition) is 2. The van der Waals surface area contributed by atoms with Gasteiger partial charge in [0.2, 0.25) is 0 Å². The van der Waals surface area contributed by atoms with Crippen molar-refractivity contribution in [3.8, 4) is 18.4 Å². The van der Waals surface area contributed by atoms with E-state index >= 15 is 0 Å². The molecule has 2 heteroatoms. The lowest BCUT2D eigenvalue weighted by Gasteiger charge is -2.15. The van der Waals surface area contributed by atoms with Gasteiger partial charge in [0.05, 0.1) is 11.6 Å². The first-order valence-corrected chi connectivity index (χ1v) is 4.89. The standard InChI is InChI=1S/C14H13NO/c1-4-9-16-14(12(3)10-15)13-7-5-11(2)6-8-13/h1,5-8,14H,3,9H2,2H3. The summed E-state index contributed by atoms with van der Waals surface area (Å²) >= 11 is 0. The molecule has 0 bridgehead atoms. The molecule has 1 aromatic rings. The van der Waals surface area contributed by atoms with Crippen LogP contribution in [0.2, 0.25) is 0 Å². The topological polar surface area (TPSA) is 33.0 Å². The summed E-state index contributed by atoms with van der Waals surface area (Å²) in [6.07, 6.45) is 4.69. The predicted octanol–water partition coefficient (Wildman–Crippen LogP) is 2.77. The lowest BCUT2D eigenvalue weighted by atomic mass is 10.0. The van der Waals surface area contributed by atoms with Crippen molar-refractivity contribution in [1.29, 1.82) is 5.26 Å². The third kappa shape index (κ3) is 2.98. The zero-order valence-electron chi connectivity index (χ0n) is 9.23. The molecule has 0 aromatic heterocycles. The van der Waals surface area contributed by atoms with Crippen molar-refractivity contribution in [3.63, 3.8) is 0 Å². The summed E-state index contributed by atoms with van der Waals surface area (Å²) < 4.78 is 5.41. The number of nitriles is 1. The average molecular weight is 211 g/mol. The van der Waals surface area contributed by atoms with E-state index in [2.05, 4.69) is 12.5 Å². The normalized spacial score (nSPS) is 11.2. The van der Waals surface area contributed by atoms with Crippen LogP contribution in [0.4, 0.5) is 0 Å². The first-order valence-electron chi connectivity index (χ1n) is 4.89. The van der Waals surface area contributed by atoms with Crippen molar-refractivity contribution < 1.29 is 4.74 Å². The highest BCUT2D eigenvalue weighted by Crippen LogP contribution is 2.24. The molecule has 0 aliphatic rings. The predicted molar refractivity (Wildman–Crippen MR) is 63.5 cm³/mol. The molecule has 0 heterocycles. The maximum Gasteiger partial charge on any atom is 0.118 e. The van der Waals surface area contributed by atoms with Gasteiger partial charge in [0.1, 0.15) is 12.7 Å². The minimum Gasteiger partial charge on any atom is -0.355 e. The third-order valence-electron chi connectivity index (χ3n) is 2.17. The second-order valence-corrected chi connectivity index (χ2v) is 3.44. The fourth-order valence-corrected chi connectivity index (χ4v) is 1.33. The Labute approximate surface area is 96.2 Å². The van der Waals surface area contributed by atoms with Gasteiger partial charge in [-0.05, 0) is 12.5 Å². The number of rotatable bonds is 4. The van der Waals surface area contributed by atoms with E-state index in [1.165, 1.54) is 0 Å². The quantitative estimate of drug-likeness (QED) is 0.566. The Kier molecular flexibility index (Phi) is 4.33. The molecular weight excluding hydrogens is 198 g/mol. The molecular formula is C14H13NO. The van der Waals surface area contributed by atoms with Gasteiger partial charge in [0.15, 0.2) is 0 Å². The van der Waals surface area contributed by atoms with E-state index in [0.29, 0.717) is 5.57 Å². The fraction of sp³-hybridized carbons (Fsp3) is 0.214. The van der Waals surface area contributed by atoms with Crippen LogP contribution >= 0.6 is 0 Å². The molecule has 0 aliphatic carbocycles. The summed E-state index contributed by atoms with van der Waals surface area (Å²) in [6.45, 7) is 5.84. The van der Waals surface area contributed by atoms with Crippen LogP contribution in [-0.4, -0.2) is 6.61 Å². The Morgan fingerprint density at radius 1 is 1.50 bits per heavy atom. The van der Waals surface area contributed by atoms with Gasteiger partial charge in [-0.15, -0.1) is 6.42 Å². The molecule has 0 amide bonds. The number of terminal acetylenes is 1. The number of aryl methyl sites for hydroxylation is 1. The fourth-order valence-electron chi connectivity index (χ4n) is 1.33. The van der Waals surface area contributed by atoms with E-state index in [4.69, 9.17) is 16.4 Å². The molecule has 16 heavy (non-hydrogen) atoms. The molecule has 0 saturated heterocycles. The molecule has 0 spiro atoms. The van der Waals surface area contributed by atoms with Crippen molar-refractivity contribution in [3.05, 3.63) is 47.5 Å². The van der Waals surface area contributed by atoms with Crippen molar-refractivity contribution in [2.75, 3.05) is 6.61 Å². The second-order valence-electron chi connectivity index (χ2n) is 3.44. The van der Waals surface area contributed by atoms with Crippen molar-refractivity contribution in [2.45, 2.75) is 13.0 Å². The van der Waals surface area contributed by atoms with E-state index in [-0.39, 0.29) is 6.61 Å². The van der Waals surface area contributed by atoms with E-state index in [1.807, 2.05) is 37.3 Å². The van der Waals surface area contributed by atoms with E-state index in [1.54, 1.807) is 0 Å². The highest BCUT2D eigenvalue weighted by molar-refractivity contribution is 5.33. The molecule has 1 aromatic carbocycles. The van der Waals surface area contributed by atoms with Gasteiger partial charge < -0.3 is 4.74 Å². The van der Waals surface area contributed by atoms with Gasteiger partial charge in [0, 0.05) is 0 Å². The van der Waals surface area contributed by atoms with E-state index in [9.17, 15) is 0 Å². The Bertz CT molecular complexity index is 445. The van der Waals surface area contributed by atoms with Gasteiger partial charge in [-0.25, -0.2) is 0 Å². The molecule has 2 nitrogen and oxygen atoms in total. The van der Waals surface area contributed by atoms with Crippen LogP contribution in [-0.2, 0) is 4.74 Å². The van der Waals surface area contributed by atoms with Crippen LogP contribution in [0.1, 0.15) is 17.2 Å². The number of benzene rings is 1. The van der Waals surface area contributed by atoms with Crippen LogP contribution in [0.15, 0.2) is 36.4 Å². The molecule has 0 saturated carbocycles. The molecule has 0 fully saturated rings. The van der Waals surface area contributed by atoms with Gasteiger partial charge in [-0.3, -0.25) is 0 Å². The van der Waals surface area contributed by atoms with Gasteiger partial charge in [-0.1, -0.05) is 42.3 Å². The molecule has 0 radical (unpaired) electrons. The minimum atomic E-state index is -0.443. The third-order valence-corrected chi connectivity index (χ3v) is 2.17. The molecule has 0 aliphatic heterocycles. The highest BCUT2D eigenvalue weighted by Gasteiger charge is 2.14. The zero-order chi connectivity index (χ0) is 12.0. The Morgan fingerprint density at radius 3 is 2.62 bits per heavy atom. The SMILES string of the molecule is C#CCOC(C(=C)C#N)c1ccc(C)cc1. The molecule has 80 valence electrons. The van der Waals surface area contributed by atoms with E-state index < -0.39 is 6.10 Å². The highest BCUT2D eigenvalue weighted by atomic mass is 16.5. The smallest absolute Gasteiger partial charge is 0.118 e. The van der Waals surface area contributed by atoms with E-state index in [0.717, 1.165) is 11.1 Å². The zero-order valence-corrected chi connectivity index (χ0v) is 9.23. The summed E-state index contributed by atoms with van der Waals surface area (Å²) in [5.41, 5.74) is 2.41. The Hall–Kier alpha value is -2.03. The molecule has 0 N–H and O–H groups in total. The van der Waals surface area contributed by atoms with Crippen LogP contribution in [0.3, 0.4) is 0 Å². The number of ether oxygens (including phenoxy) is 1. The summed E-state index contributed by atoms with van der Waals surface area (Å²) in [7, 11) is 0. The van der Waals surface area contributed by atoms with Crippen molar-refractivity contribution in [2.24, 2.45) is 0 Å². The molecule has 1 atom stereocenters. The first kappa shape index (κ1) is 12.0. The Morgan fingerprint density at radius 2 is 2.12 bits per heavy atom. The van der Waals surface area contributed by atoms with Crippen molar-refractivity contribution >= 4 is 0 Å². The van der Waals surface area contributed by atoms with Crippen LogP contribution in [0.5, 0.6) is 0 Å². The van der Waals surface area contributed by atoms with Crippen molar-refractivity contribution in [1.82, 2.24) is 0 Å². The lowest BCUT2D eigenvalue weighted by Crippen LogP contribution is -2.06. The minimum absolute atomic E-state index is 0.166. The second kappa shape index (κ2) is 5.75. The summed E-state index contributed by atoms with van der Waals surface area (Å²) in [6, 6.07) is 9.76. The van der Waals surface area contributed by atoms with Gasteiger partial charge >= 0.3 is 0 Å². The molecule has 1 unspecified atom stereocenters. The number of nitrogens with zero attached hydrogens (tertiary/aromatic N) is 1. The lowest BCUT2D eigenvalue weighted by molar-refractivity contribution is 0.109. The number of hydrogen-bond donors (Lipinski definition) is 0.